The molecule has 0 amide bonds. The van der Waals surface area contributed by atoms with Crippen molar-refractivity contribution in [1.82, 2.24) is 0 Å². The van der Waals surface area contributed by atoms with Gasteiger partial charge in [0.2, 0.25) is 0 Å². The van der Waals surface area contributed by atoms with E-state index >= 15 is 0 Å². The highest BCUT2D eigenvalue weighted by Gasteiger charge is 2.46. The van der Waals surface area contributed by atoms with Crippen LogP contribution in [0.15, 0.2) is 0 Å². The van der Waals surface area contributed by atoms with Gasteiger partial charge in [0.15, 0.2) is 0 Å². The first-order valence-electron chi connectivity index (χ1n) is 8.44. The lowest BCUT2D eigenvalue weighted by Crippen LogP contribution is -2.56. The quantitative estimate of drug-likeness (QED) is 0.684. The van der Waals surface area contributed by atoms with Crippen molar-refractivity contribution in [3.05, 3.63) is 0 Å². The molecule has 4 fully saturated rings. The van der Waals surface area contributed by atoms with E-state index in [-0.39, 0.29) is 36.6 Å². The molecule has 0 radical (unpaired) electrons. The fourth-order valence-electron chi connectivity index (χ4n) is 4.20. The van der Waals surface area contributed by atoms with E-state index in [4.69, 9.17) is 18.9 Å². The van der Waals surface area contributed by atoms with Crippen LogP contribution in [0.25, 0.3) is 0 Å². The largest absolute Gasteiger partial charge is 0.375 e. The lowest BCUT2D eigenvalue weighted by molar-refractivity contribution is -0.251. The standard InChI is InChI=1S/C16H26O4/c1-3-7-17-13-9-16-15(19-11(13)5-1)10-14-12(20-16)6-2-4-8-18-14/h11-16H,1-10H2/t11-,12+,13+,14-,15+,16-. The second-order valence-corrected chi connectivity index (χ2v) is 6.71. The Bertz CT molecular complexity index is 274. The van der Waals surface area contributed by atoms with Gasteiger partial charge in [-0.25, -0.2) is 0 Å². The van der Waals surface area contributed by atoms with Gasteiger partial charge in [0.25, 0.3) is 0 Å². The van der Waals surface area contributed by atoms with E-state index in [2.05, 4.69) is 0 Å². The first kappa shape index (κ1) is 13.5. The van der Waals surface area contributed by atoms with Gasteiger partial charge in [0.1, 0.15) is 0 Å². The second kappa shape index (κ2) is 5.91. The van der Waals surface area contributed by atoms with Crippen LogP contribution in [0.3, 0.4) is 0 Å². The van der Waals surface area contributed by atoms with E-state index in [1.807, 2.05) is 0 Å². The fraction of sp³-hybridized carbons (Fsp3) is 1.00. The minimum Gasteiger partial charge on any atom is -0.375 e. The molecule has 6 atom stereocenters. The zero-order chi connectivity index (χ0) is 13.4. The third kappa shape index (κ3) is 2.63. The van der Waals surface area contributed by atoms with E-state index in [0.29, 0.717) is 0 Å². The lowest BCUT2D eigenvalue weighted by atomic mass is 9.88. The minimum absolute atomic E-state index is 0.220. The molecule has 4 heteroatoms. The van der Waals surface area contributed by atoms with Gasteiger partial charge in [-0.3, -0.25) is 0 Å². The highest BCUT2D eigenvalue weighted by atomic mass is 16.6. The van der Waals surface area contributed by atoms with Crippen molar-refractivity contribution in [3.63, 3.8) is 0 Å². The average molecular weight is 282 g/mol. The van der Waals surface area contributed by atoms with Crippen LogP contribution in [-0.2, 0) is 18.9 Å². The average Bonchev–Trinajstić information content (AvgIpc) is 2.82. The normalized spacial score (nSPS) is 49.2. The number of hydrogen-bond acceptors (Lipinski definition) is 4. The summed E-state index contributed by atoms with van der Waals surface area (Å²) in [5.74, 6) is 0. The van der Waals surface area contributed by atoms with Gasteiger partial charge >= 0.3 is 0 Å². The summed E-state index contributed by atoms with van der Waals surface area (Å²) in [6.45, 7) is 1.77. The molecular formula is C16H26O4. The zero-order valence-corrected chi connectivity index (χ0v) is 12.2. The van der Waals surface area contributed by atoms with E-state index in [1.165, 1.54) is 25.7 Å². The fourth-order valence-corrected chi connectivity index (χ4v) is 4.20. The Kier molecular flexibility index (Phi) is 3.99. The predicted molar refractivity (Wildman–Crippen MR) is 73.7 cm³/mol. The Balaban J connectivity index is 1.46. The number of fused-ring (bicyclic) bond motifs is 3. The molecule has 0 spiro atoms. The molecule has 0 aromatic carbocycles. The molecule has 0 unspecified atom stereocenters. The molecular weight excluding hydrogens is 256 g/mol. The molecule has 20 heavy (non-hydrogen) atoms. The maximum Gasteiger partial charge on any atom is 0.0868 e. The highest BCUT2D eigenvalue weighted by Crippen LogP contribution is 2.38. The van der Waals surface area contributed by atoms with Crippen molar-refractivity contribution in [2.24, 2.45) is 0 Å². The second-order valence-electron chi connectivity index (χ2n) is 6.71. The first-order valence-corrected chi connectivity index (χ1v) is 8.44. The summed E-state index contributed by atoms with van der Waals surface area (Å²) in [4.78, 5) is 0. The zero-order valence-electron chi connectivity index (χ0n) is 12.2. The van der Waals surface area contributed by atoms with Crippen LogP contribution in [0.1, 0.15) is 51.4 Å². The molecule has 4 nitrogen and oxygen atoms in total. The summed E-state index contributed by atoms with van der Waals surface area (Å²) < 4.78 is 24.6. The van der Waals surface area contributed by atoms with Gasteiger partial charge in [-0.15, -0.1) is 0 Å². The molecule has 0 saturated carbocycles. The monoisotopic (exact) mass is 282 g/mol. The molecule has 4 heterocycles. The summed E-state index contributed by atoms with van der Waals surface area (Å²) in [5, 5.41) is 0. The molecule has 0 bridgehead atoms. The Labute approximate surface area is 121 Å². The molecule has 0 aliphatic carbocycles. The van der Waals surface area contributed by atoms with E-state index < -0.39 is 0 Å². The molecule has 0 aromatic heterocycles. The predicted octanol–water partition coefficient (Wildman–Crippen LogP) is 2.44. The van der Waals surface area contributed by atoms with E-state index in [9.17, 15) is 0 Å². The molecule has 114 valence electrons. The third-order valence-corrected chi connectivity index (χ3v) is 5.30. The van der Waals surface area contributed by atoms with Crippen molar-refractivity contribution in [2.75, 3.05) is 13.2 Å². The van der Waals surface area contributed by atoms with Gasteiger partial charge in [-0.1, -0.05) is 0 Å². The number of ether oxygens (including phenoxy) is 4. The van der Waals surface area contributed by atoms with Crippen LogP contribution in [0, 0.1) is 0 Å². The molecule has 4 rings (SSSR count). The highest BCUT2D eigenvalue weighted by molar-refractivity contribution is 4.94. The lowest BCUT2D eigenvalue weighted by Gasteiger charge is -2.47. The summed E-state index contributed by atoms with van der Waals surface area (Å²) in [6, 6.07) is 0. The van der Waals surface area contributed by atoms with Gasteiger partial charge in [0.05, 0.1) is 36.6 Å². The van der Waals surface area contributed by atoms with Gasteiger partial charge in [-0.2, -0.15) is 0 Å². The molecule has 0 N–H and O–H groups in total. The molecule has 0 aromatic rings. The van der Waals surface area contributed by atoms with Gasteiger partial charge in [-0.05, 0) is 38.5 Å². The van der Waals surface area contributed by atoms with Crippen molar-refractivity contribution in [3.8, 4) is 0 Å². The maximum absolute atomic E-state index is 6.33. The Morgan fingerprint density at radius 2 is 1.00 bits per heavy atom. The van der Waals surface area contributed by atoms with E-state index in [0.717, 1.165) is 38.9 Å². The molecule has 4 saturated heterocycles. The van der Waals surface area contributed by atoms with Gasteiger partial charge in [0, 0.05) is 26.1 Å². The first-order chi connectivity index (χ1) is 9.90. The van der Waals surface area contributed by atoms with Crippen molar-refractivity contribution < 1.29 is 18.9 Å². The van der Waals surface area contributed by atoms with Crippen molar-refractivity contribution >= 4 is 0 Å². The Morgan fingerprint density at radius 1 is 0.500 bits per heavy atom. The van der Waals surface area contributed by atoms with Crippen LogP contribution in [0.5, 0.6) is 0 Å². The van der Waals surface area contributed by atoms with Crippen molar-refractivity contribution in [2.45, 2.75) is 88.0 Å². The van der Waals surface area contributed by atoms with Crippen LogP contribution in [0.2, 0.25) is 0 Å². The van der Waals surface area contributed by atoms with Crippen LogP contribution in [0.4, 0.5) is 0 Å². The number of rotatable bonds is 0. The van der Waals surface area contributed by atoms with E-state index in [1.54, 1.807) is 0 Å². The third-order valence-electron chi connectivity index (χ3n) is 5.30. The summed E-state index contributed by atoms with van der Waals surface area (Å²) >= 11 is 0. The minimum atomic E-state index is 0.220. The maximum atomic E-state index is 6.33. The van der Waals surface area contributed by atoms with Crippen LogP contribution < -0.4 is 0 Å². The number of hydrogen-bond donors (Lipinski definition) is 0. The van der Waals surface area contributed by atoms with Crippen LogP contribution >= 0.6 is 0 Å². The SMILES string of the molecule is C1CC[C@H]2O[C@H]3C[C@H]4OCCCC[C@@H]4O[C@@H]3C[C@@H]2OC1. The molecule has 4 aliphatic rings. The molecule has 4 aliphatic heterocycles. The van der Waals surface area contributed by atoms with Crippen LogP contribution in [-0.4, -0.2) is 49.8 Å². The smallest absolute Gasteiger partial charge is 0.0868 e. The Morgan fingerprint density at radius 3 is 1.50 bits per heavy atom. The van der Waals surface area contributed by atoms with Crippen molar-refractivity contribution in [1.29, 1.82) is 0 Å². The summed E-state index contributed by atoms with van der Waals surface area (Å²) in [5.41, 5.74) is 0. The van der Waals surface area contributed by atoms with Gasteiger partial charge < -0.3 is 18.9 Å². The summed E-state index contributed by atoms with van der Waals surface area (Å²) in [7, 11) is 0. The Hall–Kier alpha value is -0.160. The summed E-state index contributed by atoms with van der Waals surface area (Å²) in [6.07, 6.45) is 10.6. The topological polar surface area (TPSA) is 36.9 Å².